The summed E-state index contributed by atoms with van der Waals surface area (Å²) in [5, 5.41) is 32.7. The van der Waals surface area contributed by atoms with E-state index in [2.05, 4.69) is 19.6 Å². The van der Waals surface area contributed by atoms with Gasteiger partial charge in [0.2, 0.25) is 0 Å². The number of rotatable bonds is 6. The maximum absolute atomic E-state index is 11.2. The molecule has 6 rings (SSSR count). The summed E-state index contributed by atoms with van der Waals surface area (Å²) in [5.41, 5.74) is 3.57. The van der Waals surface area contributed by atoms with Crippen molar-refractivity contribution in [3.8, 4) is 11.5 Å². The number of hydrogen-bond donors (Lipinski definition) is 2. The molecule has 5 aliphatic rings. The van der Waals surface area contributed by atoms with Crippen LogP contribution in [0.5, 0.6) is 11.5 Å². The first-order valence-electron chi connectivity index (χ1n) is 12.3. The summed E-state index contributed by atoms with van der Waals surface area (Å²) in [7, 11) is 0. The van der Waals surface area contributed by atoms with Gasteiger partial charge in [-0.15, -0.1) is 10.1 Å². The topological polar surface area (TPSA) is 92.8 Å². The van der Waals surface area contributed by atoms with Gasteiger partial charge in [0.15, 0.2) is 0 Å². The first kappa shape index (κ1) is 22.3. The average Bonchev–Trinajstić information content (AvgIpc) is 2.71. The Bertz CT molecular complexity index is 990. The monoisotopic (exact) mass is 453 g/mol. The van der Waals surface area contributed by atoms with Gasteiger partial charge in [-0.1, -0.05) is 23.8 Å². The van der Waals surface area contributed by atoms with Crippen LogP contribution in [0.1, 0.15) is 82.3 Å². The molecule has 6 heteroatoms. The van der Waals surface area contributed by atoms with Gasteiger partial charge in [0, 0.05) is 11.5 Å². The molecule has 4 bridgehead atoms. The highest BCUT2D eigenvalue weighted by atomic mass is 16.9. The van der Waals surface area contributed by atoms with Gasteiger partial charge >= 0.3 is 0 Å². The summed E-state index contributed by atoms with van der Waals surface area (Å²) in [6, 6.07) is 3.75. The number of phenols is 2. The van der Waals surface area contributed by atoms with E-state index in [0.717, 1.165) is 56.1 Å². The third-order valence-electron chi connectivity index (χ3n) is 9.12. The summed E-state index contributed by atoms with van der Waals surface area (Å²) in [6.07, 6.45) is 10.1. The molecule has 6 nitrogen and oxygen atoms in total. The van der Waals surface area contributed by atoms with Crippen molar-refractivity contribution in [1.29, 1.82) is 0 Å². The standard InChI is InChI=1S/C27H35NO5/c1-16(2)21-5-4-17(3)6-22(21)25-23(29)8-20(9-24(25)30)27-12-18-7-19(13-27)11-26(10-18,14-27)15-33-28(31)32/h6,8-9,18-19,21-22,29-30H,1,4-5,7,10-15H2,2-3H3/t18?,19?,21-,22+,26?,27?/m0/s1. The van der Waals surface area contributed by atoms with E-state index in [1.54, 1.807) is 0 Å². The lowest BCUT2D eigenvalue weighted by molar-refractivity contribution is -0.761. The molecule has 4 atom stereocenters. The van der Waals surface area contributed by atoms with Gasteiger partial charge in [-0.3, -0.25) is 0 Å². The zero-order chi connectivity index (χ0) is 23.5. The molecule has 1 aromatic carbocycles. The Morgan fingerprint density at radius 2 is 1.85 bits per heavy atom. The molecule has 2 unspecified atom stereocenters. The summed E-state index contributed by atoms with van der Waals surface area (Å²) in [5.74, 6) is 1.45. The molecule has 178 valence electrons. The number of phenolic OH excluding ortho intramolecular Hbond substituents is 2. The molecular formula is C27H35NO5. The Balaban J connectivity index is 1.51. The van der Waals surface area contributed by atoms with E-state index >= 15 is 0 Å². The Morgan fingerprint density at radius 1 is 1.21 bits per heavy atom. The summed E-state index contributed by atoms with van der Waals surface area (Å²) in [4.78, 5) is 15.8. The Hall–Kier alpha value is -2.50. The smallest absolute Gasteiger partial charge is 0.294 e. The Morgan fingerprint density at radius 3 is 2.42 bits per heavy atom. The predicted octanol–water partition coefficient (Wildman–Crippen LogP) is 6.16. The molecule has 4 fully saturated rings. The molecule has 0 aromatic heterocycles. The fraction of sp³-hybridized carbons (Fsp3) is 0.630. The quantitative estimate of drug-likeness (QED) is 0.306. The maximum Gasteiger partial charge on any atom is 0.294 e. The number of aromatic hydroxyl groups is 2. The summed E-state index contributed by atoms with van der Waals surface area (Å²) < 4.78 is 0. The molecule has 0 spiro atoms. The molecule has 0 heterocycles. The second-order valence-corrected chi connectivity index (χ2v) is 11.7. The minimum atomic E-state index is -0.671. The van der Waals surface area contributed by atoms with Crippen LogP contribution in [0.15, 0.2) is 35.9 Å². The van der Waals surface area contributed by atoms with Crippen LogP contribution in [0.3, 0.4) is 0 Å². The van der Waals surface area contributed by atoms with Crippen LogP contribution >= 0.6 is 0 Å². The third kappa shape index (κ3) is 3.81. The Labute approximate surface area is 195 Å². The molecule has 2 N–H and O–H groups in total. The van der Waals surface area contributed by atoms with Crippen molar-refractivity contribution in [3.63, 3.8) is 0 Å². The van der Waals surface area contributed by atoms with Gasteiger partial charge in [0.05, 0.1) is 0 Å². The van der Waals surface area contributed by atoms with Crippen molar-refractivity contribution in [2.24, 2.45) is 23.2 Å². The minimum absolute atomic E-state index is 0.0819. The van der Waals surface area contributed by atoms with Gasteiger partial charge < -0.3 is 15.1 Å². The van der Waals surface area contributed by atoms with Crippen LogP contribution in [-0.4, -0.2) is 21.9 Å². The average molecular weight is 454 g/mol. The molecule has 0 aliphatic heterocycles. The highest BCUT2D eigenvalue weighted by Crippen LogP contribution is 2.66. The fourth-order valence-corrected chi connectivity index (χ4v) is 8.33. The largest absolute Gasteiger partial charge is 0.507 e. The van der Waals surface area contributed by atoms with E-state index in [1.165, 1.54) is 12.0 Å². The van der Waals surface area contributed by atoms with E-state index in [0.29, 0.717) is 17.4 Å². The lowest BCUT2D eigenvalue weighted by atomic mass is 9.43. The Kier molecular flexibility index (Phi) is 5.26. The van der Waals surface area contributed by atoms with Crippen molar-refractivity contribution in [1.82, 2.24) is 0 Å². The normalized spacial score (nSPS) is 37.0. The van der Waals surface area contributed by atoms with Crippen LogP contribution in [0.2, 0.25) is 0 Å². The molecule has 4 saturated carbocycles. The van der Waals surface area contributed by atoms with E-state index < -0.39 is 5.09 Å². The number of hydrogen-bond acceptors (Lipinski definition) is 5. The van der Waals surface area contributed by atoms with E-state index in [-0.39, 0.29) is 40.8 Å². The first-order valence-corrected chi connectivity index (χ1v) is 12.3. The van der Waals surface area contributed by atoms with E-state index in [1.807, 2.05) is 19.1 Å². The van der Waals surface area contributed by atoms with Gasteiger partial charge in [-0.25, -0.2) is 0 Å². The fourth-order valence-electron chi connectivity index (χ4n) is 8.33. The molecular weight excluding hydrogens is 418 g/mol. The zero-order valence-corrected chi connectivity index (χ0v) is 19.7. The van der Waals surface area contributed by atoms with Crippen molar-refractivity contribution >= 4 is 0 Å². The number of allylic oxidation sites excluding steroid dienone is 3. The van der Waals surface area contributed by atoms with Crippen LogP contribution in [0, 0.1) is 33.3 Å². The van der Waals surface area contributed by atoms with Gasteiger partial charge in [0.25, 0.3) is 5.09 Å². The summed E-state index contributed by atoms with van der Waals surface area (Å²) in [6.45, 7) is 8.45. The molecule has 0 saturated heterocycles. The van der Waals surface area contributed by atoms with Gasteiger partial charge in [0.1, 0.15) is 18.1 Å². The molecule has 5 aliphatic carbocycles. The summed E-state index contributed by atoms with van der Waals surface area (Å²) >= 11 is 0. The van der Waals surface area contributed by atoms with Crippen LogP contribution in [0.25, 0.3) is 0 Å². The SMILES string of the molecule is C=C(C)[C@@H]1CCC(C)=C[C@H]1c1c(O)cc(C23CC4CC(CC(CO[N+](=O)[O-])(C4)C2)C3)cc1O. The van der Waals surface area contributed by atoms with E-state index in [4.69, 9.17) is 4.84 Å². The lowest BCUT2D eigenvalue weighted by Gasteiger charge is -2.62. The first-order chi connectivity index (χ1) is 15.6. The van der Waals surface area contributed by atoms with E-state index in [9.17, 15) is 20.3 Å². The van der Waals surface area contributed by atoms with Gasteiger partial charge in [-0.2, -0.15) is 0 Å². The minimum Gasteiger partial charge on any atom is -0.507 e. The van der Waals surface area contributed by atoms with Crippen molar-refractivity contribution < 1.29 is 20.1 Å². The molecule has 1 aromatic rings. The number of benzene rings is 1. The zero-order valence-electron chi connectivity index (χ0n) is 19.7. The third-order valence-corrected chi connectivity index (χ3v) is 9.12. The molecule has 0 radical (unpaired) electrons. The molecule has 0 amide bonds. The van der Waals surface area contributed by atoms with Gasteiger partial charge in [-0.05, 0) is 111 Å². The van der Waals surface area contributed by atoms with Crippen LogP contribution < -0.4 is 0 Å². The predicted molar refractivity (Wildman–Crippen MR) is 126 cm³/mol. The van der Waals surface area contributed by atoms with Crippen molar-refractivity contribution in [2.75, 3.05) is 6.61 Å². The van der Waals surface area contributed by atoms with Crippen LogP contribution in [-0.2, 0) is 10.3 Å². The molecule has 33 heavy (non-hydrogen) atoms. The second kappa shape index (κ2) is 7.78. The lowest BCUT2D eigenvalue weighted by Crippen LogP contribution is -2.55. The highest BCUT2D eigenvalue weighted by molar-refractivity contribution is 5.53. The van der Waals surface area contributed by atoms with Crippen molar-refractivity contribution in [3.05, 3.63) is 57.2 Å². The highest BCUT2D eigenvalue weighted by Gasteiger charge is 2.58. The van der Waals surface area contributed by atoms with Crippen molar-refractivity contribution in [2.45, 2.75) is 76.5 Å². The second-order valence-electron chi connectivity index (χ2n) is 11.7. The van der Waals surface area contributed by atoms with Crippen LogP contribution in [0.4, 0.5) is 0 Å². The number of nitrogens with zero attached hydrogens (tertiary/aromatic N) is 1. The maximum atomic E-state index is 11.2.